The van der Waals surface area contributed by atoms with Gasteiger partial charge in [0.25, 0.3) is 5.91 Å². The van der Waals surface area contributed by atoms with Crippen molar-refractivity contribution in [1.29, 1.82) is 0 Å². The van der Waals surface area contributed by atoms with Gasteiger partial charge in [0, 0.05) is 31.9 Å². The van der Waals surface area contributed by atoms with E-state index < -0.39 is 0 Å². The lowest BCUT2D eigenvalue weighted by Gasteiger charge is -2.17. The van der Waals surface area contributed by atoms with E-state index in [1.54, 1.807) is 12.1 Å². The Morgan fingerprint density at radius 1 is 0.897 bits per heavy atom. The molecule has 0 saturated carbocycles. The molecule has 0 aliphatic heterocycles. The number of rotatable bonds is 11. The first kappa shape index (κ1) is 22.4. The second kappa shape index (κ2) is 11.2. The fraction of sp³-hybridized carbons (Fsp3) is 0.435. The summed E-state index contributed by atoms with van der Waals surface area (Å²) in [5, 5.41) is 2.97. The highest BCUT2D eigenvalue weighted by molar-refractivity contribution is 5.95. The molecule has 0 radical (unpaired) electrons. The van der Waals surface area contributed by atoms with Crippen LogP contribution in [0.5, 0.6) is 17.2 Å². The normalized spacial score (nSPS) is 10.4. The Hall–Kier alpha value is -2.89. The van der Waals surface area contributed by atoms with Gasteiger partial charge in [0.1, 0.15) is 0 Å². The van der Waals surface area contributed by atoms with E-state index in [0.717, 1.165) is 12.1 Å². The Kier molecular flexibility index (Phi) is 8.65. The molecule has 0 aromatic heterocycles. The number of carbonyl (C=O) groups excluding carboxylic acids is 1. The Labute approximate surface area is 173 Å². The van der Waals surface area contributed by atoms with Crippen LogP contribution in [0, 0.1) is 0 Å². The zero-order chi connectivity index (χ0) is 21.2. The number of amides is 1. The van der Waals surface area contributed by atoms with Gasteiger partial charge >= 0.3 is 0 Å². The quantitative estimate of drug-likeness (QED) is 0.619. The lowest BCUT2D eigenvalue weighted by molar-refractivity contribution is 0.0953. The minimum Gasteiger partial charge on any atom is -0.490 e. The van der Waals surface area contributed by atoms with E-state index in [9.17, 15) is 4.79 Å². The number of nitrogens with zero attached hydrogens (tertiary/aromatic N) is 1. The average molecular weight is 401 g/mol. The zero-order valence-electron chi connectivity index (χ0n) is 18.1. The Bertz CT molecular complexity index is 761. The van der Waals surface area contributed by atoms with E-state index in [4.69, 9.17) is 14.2 Å². The molecule has 6 heteroatoms. The molecule has 0 unspecified atom stereocenters. The highest BCUT2D eigenvalue weighted by Crippen LogP contribution is 2.39. The van der Waals surface area contributed by atoms with Gasteiger partial charge in [-0.3, -0.25) is 4.79 Å². The predicted octanol–water partition coefficient (Wildman–Crippen LogP) is 3.92. The Morgan fingerprint density at radius 3 is 1.93 bits per heavy atom. The van der Waals surface area contributed by atoms with Crippen LogP contribution in [0.4, 0.5) is 5.69 Å². The molecule has 1 N–H and O–H groups in total. The third-order valence-corrected chi connectivity index (χ3v) is 4.32. The molecular weight excluding hydrogens is 368 g/mol. The van der Waals surface area contributed by atoms with Crippen LogP contribution >= 0.6 is 0 Å². The SMILES string of the molecule is CCOc1cc(C(=O)NCCc2ccc(N(C)C)cc2)cc(OCC)c1OCC. The van der Waals surface area contributed by atoms with Crippen molar-refractivity contribution < 1.29 is 19.0 Å². The van der Waals surface area contributed by atoms with Crippen molar-refractivity contribution in [3.05, 3.63) is 47.5 Å². The number of hydrogen-bond donors (Lipinski definition) is 1. The summed E-state index contributed by atoms with van der Waals surface area (Å²) in [6, 6.07) is 11.7. The van der Waals surface area contributed by atoms with Gasteiger partial charge in [0.2, 0.25) is 5.75 Å². The van der Waals surface area contributed by atoms with Gasteiger partial charge in [-0.1, -0.05) is 12.1 Å². The third kappa shape index (κ3) is 6.31. The van der Waals surface area contributed by atoms with E-state index >= 15 is 0 Å². The number of hydrogen-bond acceptors (Lipinski definition) is 5. The first-order valence-electron chi connectivity index (χ1n) is 10.1. The van der Waals surface area contributed by atoms with E-state index in [-0.39, 0.29) is 5.91 Å². The van der Waals surface area contributed by atoms with Crippen molar-refractivity contribution in [2.24, 2.45) is 0 Å². The van der Waals surface area contributed by atoms with Crippen molar-refractivity contribution in [2.75, 3.05) is 45.4 Å². The summed E-state index contributed by atoms with van der Waals surface area (Å²) in [6.45, 7) is 7.66. The van der Waals surface area contributed by atoms with E-state index in [2.05, 4.69) is 34.5 Å². The van der Waals surface area contributed by atoms with Gasteiger partial charge in [0.05, 0.1) is 19.8 Å². The van der Waals surface area contributed by atoms with Crippen LogP contribution in [0.3, 0.4) is 0 Å². The highest BCUT2D eigenvalue weighted by atomic mass is 16.5. The predicted molar refractivity (Wildman–Crippen MR) is 117 cm³/mol. The fourth-order valence-corrected chi connectivity index (χ4v) is 2.90. The first-order chi connectivity index (χ1) is 14.0. The van der Waals surface area contributed by atoms with Crippen molar-refractivity contribution in [3.63, 3.8) is 0 Å². The number of benzene rings is 2. The maximum Gasteiger partial charge on any atom is 0.251 e. The number of anilines is 1. The van der Waals surface area contributed by atoms with Crippen LogP contribution in [0.15, 0.2) is 36.4 Å². The third-order valence-electron chi connectivity index (χ3n) is 4.32. The molecule has 0 heterocycles. The van der Waals surface area contributed by atoms with Crippen LogP contribution in [0.2, 0.25) is 0 Å². The monoisotopic (exact) mass is 400 g/mol. The van der Waals surface area contributed by atoms with Gasteiger partial charge in [-0.25, -0.2) is 0 Å². The molecule has 2 aromatic rings. The van der Waals surface area contributed by atoms with E-state index in [1.807, 2.05) is 34.9 Å². The zero-order valence-corrected chi connectivity index (χ0v) is 18.1. The largest absolute Gasteiger partial charge is 0.490 e. The maximum atomic E-state index is 12.7. The summed E-state index contributed by atoms with van der Waals surface area (Å²) in [5.74, 6) is 1.41. The molecule has 2 rings (SSSR count). The maximum absolute atomic E-state index is 12.7. The molecule has 1 amide bonds. The lowest BCUT2D eigenvalue weighted by Crippen LogP contribution is -2.26. The second-order valence-electron chi connectivity index (χ2n) is 6.67. The molecule has 0 atom stereocenters. The van der Waals surface area contributed by atoms with Gasteiger partial charge < -0.3 is 24.4 Å². The summed E-state index contributed by atoms with van der Waals surface area (Å²) in [7, 11) is 4.03. The number of nitrogens with one attached hydrogen (secondary N) is 1. The van der Waals surface area contributed by atoms with E-state index in [0.29, 0.717) is 49.2 Å². The van der Waals surface area contributed by atoms with Crippen molar-refractivity contribution in [2.45, 2.75) is 27.2 Å². The topological polar surface area (TPSA) is 60.0 Å². The van der Waals surface area contributed by atoms with E-state index in [1.165, 1.54) is 5.56 Å². The van der Waals surface area contributed by atoms with Crippen molar-refractivity contribution in [3.8, 4) is 17.2 Å². The highest BCUT2D eigenvalue weighted by Gasteiger charge is 2.18. The van der Waals surface area contributed by atoms with Crippen LogP contribution in [-0.4, -0.2) is 46.4 Å². The summed E-state index contributed by atoms with van der Waals surface area (Å²) >= 11 is 0. The minimum atomic E-state index is -0.167. The van der Waals surface area contributed by atoms with Gasteiger partial charge in [-0.15, -0.1) is 0 Å². The number of carbonyl (C=O) groups is 1. The molecule has 0 fully saturated rings. The molecule has 0 aliphatic rings. The smallest absolute Gasteiger partial charge is 0.251 e. The van der Waals surface area contributed by atoms with Crippen LogP contribution in [0.1, 0.15) is 36.7 Å². The molecule has 2 aromatic carbocycles. The van der Waals surface area contributed by atoms with Gasteiger partial charge in [0.15, 0.2) is 11.5 Å². The fourth-order valence-electron chi connectivity index (χ4n) is 2.90. The molecule has 29 heavy (non-hydrogen) atoms. The van der Waals surface area contributed by atoms with Crippen LogP contribution < -0.4 is 24.4 Å². The standard InChI is InChI=1S/C23H32N2O4/c1-6-27-20-15-18(16-21(28-7-2)22(20)29-8-3)23(26)24-14-13-17-9-11-19(12-10-17)25(4)5/h9-12,15-16H,6-8,13-14H2,1-5H3,(H,24,26). The molecule has 0 aliphatic carbocycles. The Balaban J connectivity index is 2.08. The summed E-state index contributed by atoms with van der Waals surface area (Å²) in [5.41, 5.74) is 2.81. The molecular formula is C23H32N2O4. The molecule has 0 spiro atoms. The van der Waals surface area contributed by atoms with Crippen molar-refractivity contribution >= 4 is 11.6 Å². The molecule has 158 valence electrons. The van der Waals surface area contributed by atoms with Gasteiger partial charge in [-0.2, -0.15) is 0 Å². The molecule has 6 nitrogen and oxygen atoms in total. The summed E-state index contributed by atoms with van der Waals surface area (Å²) in [4.78, 5) is 14.7. The second-order valence-corrected chi connectivity index (χ2v) is 6.67. The molecule has 0 bridgehead atoms. The van der Waals surface area contributed by atoms with Crippen LogP contribution in [-0.2, 0) is 6.42 Å². The first-order valence-corrected chi connectivity index (χ1v) is 10.1. The average Bonchev–Trinajstić information content (AvgIpc) is 2.70. The Morgan fingerprint density at radius 2 is 1.45 bits per heavy atom. The van der Waals surface area contributed by atoms with Gasteiger partial charge in [-0.05, 0) is 57.0 Å². The lowest BCUT2D eigenvalue weighted by atomic mass is 10.1. The minimum absolute atomic E-state index is 0.167. The molecule has 0 saturated heterocycles. The van der Waals surface area contributed by atoms with Crippen molar-refractivity contribution in [1.82, 2.24) is 5.32 Å². The number of ether oxygens (including phenoxy) is 3. The van der Waals surface area contributed by atoms with Crippen LogP contribution in [0.25, 0.3) is 0 Å². The summed E-state index contributed by atoms with van der Waals surface area (Å²) < 4.78 is 17.1. The summed E-state index contributed by atoms with van der Waals surface area (Å²) in [6.07, 6.45) is 0.757.